The van der Waals surface area contributed by atoms with Crippen LogP contribution in [-0.2, 0) is 16.1 Å². The zero-order valence-corrected chi connectivity index (χ0v) is 10.8. The number of ether oxygens (including phenoxy) is 1. The largest absolute Gasteiger partial charge is 0.394 e. The van der Waals surface area contributed by atoms with Crippen LogP contribution in [0.25, 0.3) is 0 Å². The summed E-state index contributed by atoms with van der Waals surface area (Å²) < 4.78 is 5.52. The number of benzene rings is 1. The van der Waals surface area contributed by atoms with Gasteiger partial charge in [-0.1, -0.05) is 30.3 Å². The third-order valence-electron chi connectivity index (χ3n) is 3.97. The van der Waals surface area contributed by atoms with Gasteiger partial charge in [0.25, 0.3) is 0 Å². The van der Waals surface area contributed by atoms with E-state index in [0.29, 0.717) is 6.54 Å². The highest BCUT2D eigenvalue weighted by molar-refractivity contribution is 5.86. The summed E-state index contributed by atoms with van der Waals surface area (Å²) in [5, 5.41) is 28.8. The highest BCUT2D eigenvalue weighted by Crippen LogP contribution is 2.38. The quantitative estimate of drug-likeness (QED) is 0.623. The Morgan fingerprint density at radius 2 is 1.85 bits per heavy atom. The number of aliphatic hydroxyl groups is 3. The molecular weight excluding hydrogens is 262 g/mol. The minimum Gasteiger partial charge on any atom is -0.394 e. The zero-order chi connectivity index (χ0) is 14.3. The molecule has 2 heterocycles. The second-order valence-electron chi connectivity index (χ2n) is 5.21. The van der Waals surface area contributed by atoms with E-state index in [0.717, 1.165) is 5.56 Å². The molecule has 108 valence electrons. The van der Waals surface area contributed by atoms with Crippen molar-refractivity contribution in [3.05, 3.63) is 35.9 Å². The summed E-state index contributed by atoms with van der Waals surface area (Å²) in [7, 11) is 0. The Morgan fingerprint density at radius 3 is 2.50 bits per heavy atom. The maximum atomic E-state index is 12.1. The molecule has 5 atom stereocenters. The van der Waals surface area contributed by atoms with Crippen molar-refractivity contribution in [3.63, 3.8) is 0 Å². The Morgan fingerprint density at radius 1 is 1.15 bits per heavy atom. The van der Waals surface area contributed by atoms with Crippen LogP contribution in [0, 0.1) is 5.92 Å². The zero-order valence-electron chi connectivity index (χ0n) is 10.8. The summed E-state index contributed by atoms with van der Waals surface area (Å²) in [4.78, 5) is 13.6. The van der Waals surface area contributed by atoms with Crippen LogP contribution in [0.3, 0.4) is 0 Å². The Balaban J connectivity index is 1.74. The molecule has 0 radical (unpaired) electrons. The summed E-state index contributed by atoms with van der Waals surface area (Å²) >= 11 is 0. The molecule has 1 aromatic rings. The van der Waals surface area contributed by atoms with Crippen LogP contribution in [0.15, 0.2) is 30.3 Å². The average Bonchev–Trinajstić information content (AvgIpc) is 2.48. The Labute approximate surface area is 116 Å². The Hall–Kier alpha value is -1.47. The van der Waals surface area contributed by atoms with Gasteiger partial charge in [0.05, 0.1) is 12.7 Å². The van der Waals surface area contributed by atoms with Gasteiger partial charge in [0.1, 0.15) is 24.4 Å². The van der Waals surface area contributed by atoms with Crippen molar-refractivity contribution in [1.29, 1.82) is 0 Å². The number of β-lactam (4-membered cyclic amide) rings is 1. The maximum absolute atomic E-state index is 12.1. The molecule has 3 N–H and O–H groups in total. The molecule has 0 aliphatic carbocycles. The van der Waals surface area contributed by atoms with Gasteiger partial charge in [0.2, 0.25) is 5.91 Å². The van der Waals surface area contributed by atoms with E-state index < -0.39 is 37.1 Å². The minimum absolute atomic E-state index is 0.234. The predicted octanol–water partition coefficient (Wildman–Crippen LogP) is -0.916. The molecular formula is C14H17NO5. The van der Waals surface area contributed by atoms with Gasteiger partial charge in [-0.2, -0.15) is 0 Å². The van der Waals surface area contributed by atoms with Crippen LogP contribution in [0.1, 0.15) is 5.56 Å². The summed E-state index contributed by atoms with van der Waals surface area (Å²) in [6.45, 7) is -0.00336. The molecule has 1 aromatic carbocycles. The summed E-state index contributed by atoms with van der Waals surface area (Å²) in [6, 6.07) is 9.46. The van der Waals surface area contributed by atoms with Crippen LogP contribution in [-0.4, -0.2) is 57.3 Å². The lowest BCUT2D eigenvalue weighted by molar-refractivity contribution is -0.278. The van der Waals surface area contributed by atoms with Gasteiger partial charge in [-0.3, -0.25) is 4.79 Å². The van der Waals surface area contributed by atoms with Gasteiger partial charge >= 0.3 is 0 Å². The van der Waals surface area contributed by atoms with E-state index in [1.807, 2.05) is 30.3 Å². The second kappa shape index (κ2) is 5.14. The number of carbonyl (C=O) groups excluding carboxylic acids is 1. The van der Waals surface area contributed by atoms with Gasteiger partial charge in [-0.05, 0) is 5.56 Å². The molecule has 2 aliphatic rings. The van der Waals surface area contributed by atoms with Crippen molar-refractivity contribution in [2.24, 2.45) is 5.92 Å². The SMILES string of the molecule is O=C1[C@H]2[C@H](O)[C@H](O)[C@@H](CO)O[C@H]2N1Cc1ccccc1. The van der Waals surface area contributed by atoms with E-state index in [4.69, 9.17) is 9.84 Å². The number of nitrogens with zero attached hydrogens (tertiary/aromatic N) is 1. The average molecular weight is 279 g/mol. The van der Waals surface area contributed by atoms with Crippen molar-refractivity contribution in [1.82, 2.24) is 4.90 Å². The van der Waals surface area contributed by atoms with Crippen LogP contribution in [0.5, 0.6) is 0 Å². The highest BCUT2D eigenvalue weighted by Gasteiger charge is 2.58. The number of aliphatic hydroxyl groups excluding tert-OH is 3. The van der Waals surface area contributed by atoms with Crippen LogP contribution in [0.2, 0.25) is 0 Å². The van der Waals surface area contributed by atoms with Crippen LogP contribution >= 0.6 is 0 Å². The molecule has 20 heavy (non-hydrogen) atoms. The maximum Gasteiger partial charge on any atom is 0.235 e. The van der Waals surface area contributed by atoms with Gasteiger partial charge in [0, 0.05) is 6.54 Å². The highest BCUT2D eigenvalue weighted by atomic mass is 16.5. The first kappa shape index (κ1) is 13.5. The van der Waals surface area contributed by atoms with Gasteiger partial charge < -0.3 is 25.0 Å². The molecule has 3 rings (SSSR count). The standard InChI is InChI=1S/C14H17NO5/c16-7-9-11(17)12(18)10-13(19)15(14(10)20-9)6-8-4-2-1-3-5-8/h1-5,9-12,14,16-18H,6-7H2/t9-,10-,11-,12+,14-/m1/s1. The molecule has 0 aromatic heterocycles. The van der Waals surface area contributed by atoms with Crippen LogP contribution in [0.4, 0.5) is 0 Å². The van der Waals surface area contributed by atoms with Gasteiger partial charge in [-0.25, -0.2) is 0 Å². The van der Waals surface area contributed by atoms with E-state index >= 15 is 0 Å². The molecule has 2 saturated heterocycles. The first-order valence-corrected chi connectivity index (χ1v) is 6.60. The number of rotatable bonds is 3. The molecule has 0 saturated carbocycles. The van der Waals surface area contributed by atoms with E-state index in [-0.39, 0.29) is 5.91 Å². The molecule has 1 amide bonds. The lowest BCUT2D eigenvalue weighted by Gasteiger charge is -2.54. The summed E-state index contributed by atoms with van der Waals surface area (Å²) in [5.41, 5.74) is 0.962. The fourth-order valence-corrected chi connectivity index (χ4v) is 2.81. The van der Waals surface area contributed by atoms with E-state index in [1.54, 1.807) is 0 Å². The van der Waals surface area contributed by atoms with E-state index in [1.165, 1.54) is 4.90 Å². The minimum atomic E-state index is -1.23. The van der Waals surface area contributed by atoms with Crippen molar-refractivity contribution in [2.75, 3.05) is 6.61 Å². The van der Waals surface area contributed by atoms with Crippen molar-refractivity contribution >= 4 is 5.91 Å². The number of hydrogen-bond donors (Lipinski definition) is 3. The number of carbonyl (C=O) groups is 1. The van der Waals surface area contributed by atoms with E-state index in [2.05, 4.69) is 0 Å². The van der Waals surface area contributed by atoms with Crippen molar-refractivity contribution in [2.45, 2.75) is 31.1 Å². The third-order valence-corrected chi connectivity index (χ3v) is 3.97. The van der Waals surface area contributed by atoms with Gasteiger partial charge in [0.15, 0.2) is 0 Å². The lowest BCUT2D eigenvalue weighted by atomic mass is 9.82. The Bertz CT molecular complexity index is 494. The molecule has 0 bridgehead atoms. The first-order valence-electron chi connectivity index (χ1n) is 6.60. The lowest BCUT2D eigenvalue weighted by Crippen LogP contribution is -2.72. The third kappa shape index (κ3) is 2.01. The second-order valence-corrected chi connectivity index (χ2v) is 5.21. The fraction of sp³-hybridized carbons (Fsp3) is 0.500. The number of fused-ring (bicyclic) bond motifs is 1. The monoisotopic (exact) mass is 279 g/mol. The molecule has 2 fully saturated rings. The topological polar surface area (TPSA) is 90.2 Å². The smallest absolute Gasteiger partial charge is 0.235 e. The molecule has 0 spiro atoms. The molecule has 0 unspecified atom stereocenters. The van der Waals surface area contributed by atoms with Crippen molar-refractivity contribution in [3.8, 4) is 0 Å². The van der Waals surface area contributed by atoms with Crippen molar-refractivity contribution < 1.29 is 24.9 Å². The summed E-state index contributed by atoms with van der Waals surface area (Å²) in [5.74, 6) is -0.974. The first-order chi connectivity index (χ1) is 9.63. The molecule has 6 heteroatoms. The summed E-state index contributed by atoms with van der Waals surface area (Å²) in [6.07, 6.45) is -3.87. The number of hydrogen-bond acceptors (Lipinski definition) is 5. The molecule has 2 aliphatic heterocycles. The van der Waals surface area contributed by atoms with E-state index in [9.17, 15) is 15.0 Å². The Kier molecular flexibility index (Phi) is 3.47. The normalized spacial score (nSPS) is 36.5. The number of amides is 1. The van der Waals surface area contributed by atoms with Crippen LogP contribution < -0.4 is 0 Å². The molecule has 6 nitrogen and oxygen atoms in total. The number of likely N-dealkylation sites (tertiary alicyclic amines) is 1. The fourth-order valence-electron chi connectivity index (χ4n) is 2.81. The predicted molar refractivity (Wildman–Crippen MR) is 68.2 cm³/mol. The van der Waals surface area contributed by atoms with Gasteiger partial charge in [-0.15, -0.1) is 0 Å².